The molecule has 2 rings (SSSR count). The summed E-state index contributed by atoms with van der Waals surface area (Å²) in [6, 6.07) is 3.83. The number of nitrogens with one attached hydrogen (secondary N) is 2. The van der Waals surface area contributed by atoms with Crippen molar-refractivity contribution in [3.05, 3.63) is 29.0 Å². The molecule has 1 saturated carbocycles. The van der Waals surface area contributed by atoms with Gasteiger partial charge in [0.1, 0.15) is 5.15 Å². The van der Waals surface area contributed by atoms with Gasteiger partial charge in [-0.2, -0.15) is 0 Å². The van der Waals surface area contributed by atoms with E-state index in [0.717, 1.165) is 45.0 Å². The molecule has 0 spiro atoms. The number of halogens is 2. The Labute approximate surface area is 173 Å². The molecule has 142 valence electrons. The summed E-state index contributed by atoms with van der Waals surface area (Å²) < 4.78 is 5.25. The van der Waals surface area contributed by atoms with Crippen molar-refractivity contribution in [1.82, 2.24) is 15.6 Å². The summed E-state index contributed by atoms with van der Waals surface area (Å²) in [7, 11) is 1.77. The van der Waals surface area contributed by atoms with Crippen LogP contribution in [0, 0.1) is 5.41 Å². The summed E-state index contributed by atoms with van der Waals surface area (Å²) >= 11 is 5.81. The predicted octanol–water partition coefficient (Wildman–Crippen LogP) is 3.66. The summed E-state index contributed by atoms with van der Waals surface area (Å²) in [6.07, 6.45) is 7.65. The number of aromatic nitrogens is 1. The second kappa shape index (κ2) is 11.9. The van der Waals surface area contributed by atoms with E-state index in [0.29, 0.717) is 10.6 Å². The molecular formula is C18H30ClIN4O. The standard InChI is InChI=1S/C18H29ClN4O.HI/c1-3-20-17(21-11-7-15-5-6-16(19)22-13-15)23-14-18(8-4-9-18)10-12-24-2;/h5-6,13H,3-4,7-12,14H2,1-2H3,(H2,20,21,23);1H. The van der Waals surface area contributed by atoms with Crippen LogP contribution in [0.15, 0.2) is 23.3 Å². The molecule has 0 amide bonds. The van der Waals surface area contributed by atoms with E-state index in [2.05, 4.69) is 22.5 Å². The van der Waals surface area contributed by atoms with Crippen molar-refractivity contribution in [3.8, 4) is 0 Å². The van der Waals surface area contributed by atoms with Crippen LogP contribution < -0.4 is 10.6 Å². The van der Waals surface area contributed by atoms with Gasteiger partial charge >= 0.3 is 0 Å². The minimum absolute atomic E-state index is 0. The molecule has 0 aromatic carbocycles. The van der Waals surface area contributed by atoms with E-state index >= 15 is 0 Å². The fraction of sp³-hybridized carbons (Fsp3) is 0.667. The normalized spacial score (nSPS) is 15.9. The van der Waals surface area contributed by atoms with Gasteiger partial charge in [0.2, 0.25) is 0 Å². The fourth-order valence-corrected chi connectivity index (χ4v) is 3.06. The Balaban J connectivity index is 0.00000312. The zero-order valence-electron chi connectivity index (χ0n) is 15.2. The molecule has 1 aliphatic rings. The molecule has 1 aromatic rings. The lowest BCUT2D eigenvalue weighted by molar-refractivity contribution is 0.0778. The van der Waals surface area contributed by atoms with E-state index in [-0.39, 0.29) is 24.0 Å². The van der Waals surface area contributed by atoms with Gasteiger partial charge in [0.05, 0.1) is 0 Å². The van der Waals surface area contributed by atoms with Gasteiger partial charge in [0.15, 0.2) is 5.96 Å². The first-order valence-electron chi connectivity index (χ1n) is 8.79. The third kappa shape index (κ3) is 7.66. The molecule has 0 unspecified atom stereocenters. The lowest BCUT2D eigenvalue weighted by Crippen LogP contribution is -2.41. The molecule has 1 aliphatic carbocycles. The molecule has 2 N–H and O–H groups in total. The van der Waals surface area contributed by atoms with Crippen LogP contribution in [0.3, 0.4) is 0 Å². The number of guanidine groups is 1. The van der Waals surface area contributed by atoms with Crippen LogP contribution in [0.25, 0.3) is 0 Å². The van der Waals surface area contributed by atoms with Crippen molar-refractivity contribution in [2.45, 2.75) is 39.0 Å². The van der Waals surface area contributed by atoms with Crippen molar-refractivity contribution in [3.63, 3.8) is 0 Å². The highest BCUT2D eigenvalue weighted by molar-refractivity contribution is 14.0. The Morgan fingerprint density at radius 1 is 1.36 bits per heavy atom. The number of aliphatic imine (C=N–C) groups is 1. The highest BCUT2D eigenvalue weighted by atomic mass is 127. The van der Waals surface area contributed by atoms with Crippen molar-refractivity contribution in [2.24, 2.45) is 10.4 Å². The molecule has 0 aliphatic heterocycles. The highest BCUT2D eigenvalue weighted by Crippen LogP contribution is 2.44. The van der Waals surface area contributed by atoms with Crippen LogP contribution in [0.4, 0.5) is 0 Å². The second-order valence-electron chi connectivity index (χ2n) is 6.46. The van der Waals surface area contributed by atoms with Crippen molar-refractivity contribution in [1.29, 1.82) is 0 Å². The summed E-state index contributed by atoms with van der Waals surface area (Å²) in [4.78, 5) is 8.92. The lowest BCUT2D eigenvalue weighted by Gasteiger charge is -2.40. The first-order chi connectivity index (χ1) is 11.7. The Kier molecular flexibility index (Phi) is 10.7. The maximum Gasteiger partial charge on any atom is 0.191 e. The number of methoxy groups -OCH3 is 1. The third-order valence-electron chi connectivity index (χ3n) is 4.66. The summed E-state index contributed by atoms with van der Waals surface area (Å²) in [6.45, 7) is 5.46. The summed E-state index contributed by atoms with van der Waals surface area (Å²) in [5.41, 5.74) is 1.51. The highest BCUT2D eigenvalue weighted by Gasteiger charge is 2.36. The third-order valence-corrected chi connectivity index (χ3v) is 4.89. The van der Waals surface area contributed by atoms with Gasteiger partial charge < -0.3 is 15.4 Å². The molecule has 1 fully saturated rings. The quantitative estimate of drug-likeness (QED) is 0.245. The Morgan fingerprint density at radius 3 is 2.72 bits per heavy atom. The number of rotatable bonds is 9. The largest absolute Gasteiger partial charge is 0.385 e. The van der Waals surface area contributed by atoms with E-state index in [9.17, 15) is 0 Å². The van der Waals surface area contributed by atoms with Gasteiger partial charge in [-0.1, -0.05) is 24.1 Å². The van der Waals surface area contributed by atoms with Gasteiger partial charge in [-0.3, -0.25) is 4.99 Å². The topological polar surface area (TPSA) is 58.5 Å². The van der Waals surface area contributed by atoms with E-state index in [1.165, 1.54) is 24.8 Å². The Bertz CT molecular complexity index is 520. The molecule has 0 bridgehead atoms. The number of ether oxygens (including phenoxy) is 1. The van der Waals surface area contributed by atoms with E-state index in [1.54, 1.807) is 7.11 Å². The zero-order valence-corrected chi connectivity index (χ0v) is 18.3. The minimum Gasteiger partial charge on any atom is -0.385 e. The van der Waals surface area contributed by atoms with Crippen LogP contribution in [-0.4, -0.2) is 44.3 Å². The van der Waals surface area contributed by atoms with Crippen molar-refractivity contribution in [2.75, 3.05) is 33.4 Å². The lowest BCUT2D eigenvalue weighted by atomic mass is 9.67. The SMILES string of the molecule is CCNC(=NCC1(CCOC)CCC1)NCCc1ccc(Cl)nc1.I. The first kappa shape index (κ1) is 22.4. The van der Waals surface area contributed by atoms with Gasteiger partial charge in [0, 0.05) is 39.5 Å². The van der Waals surface area contributed by atoms with Gasteiger partial charge in [-0.25, -0.2) is 4.98 Å². The molecule has 5 nitrogen and oxygen atoms in total. The van der Waals surface area contributed by atoms with Crippen LogP contribution in [-0.2, 0) is 11.2 Å². The van der Waals surface area contributed by atoms with Gasteiger partial charge in [-0.15, -0.1) is 24.0 Å². The predicted molar refractivity (Wildman–Crippen MR) is 115 cm³/mol. The molecule has 25 heavy (non-hydrogen) atoms. The number of nitrogens with zero attached hydrogens (tertiary/aromatic N) is 2. The summed E-state index contributed by atoms with van der Waals surface area (Å²) in [5.74, 6) is 0.892. The number of pyridine rings is 1. The van der Waals surface area contributed by atoms with Crippen LogP contribution >= 0.6 is 35.6 Å². The molecule has 0 radical (unpaired) electrons. The number of hydrogen-bond acceptors (Lipinski definition) is 3. The molecule has 0 atom stereocenters. The minimum atomic E-state index is 0. The zero-order chi connectivity index (χ0) is 17.3. The monoisotopic (exact) mass is 480 g/mol. The molecular weight excluding hydrogens is 451 g/mol. The van der Waals surface area contributed by atoms with E-state index < -0.39 is 0 Å². The van der Waals surface area contributed by atoms with Gasteiger partial charge in [-0.05, 0) is 49.7 Å². The van der Waals surface area contributed by atoms with Crippen LogP contribution in [0.5, 0.6) is 0 Å². The van der Waals surface area contributed by atoms with E-state index in [4.69, 9.17) is 21.3 Å². The molecule has 1 heterocycles. The smallest absolute Gasteiger partial charge is 0.191 e. The molecule has 1 aromatic heterocycles. The van der Waals surface area contributed by atoms with Crippen molar-refractivity contribution >= 4 is 41.5 Å². The Hall–Kier alpha value is -0.600. The average Bonchev–Trinajstić information content (AvgIpc) is 2.55. The van der Waals surface area contributed by atoms with Crippen LogP contribution in [0.1, 0.15) is 38.2 Å². The van der Waals surface area contributed by atoms with Gasteiger partial charge in [0.25, 0.3) is 0 Å². The maximum absolute atomic E-state index is 5.81. The fourth-order valence-electron chi connectivity index (χ4n) is 2.95. The van der Waals surface area contributed by atoms with E-state index in [1.807, 2.05) is 18.3 Å². The first-order valence-corrected chi connectivity index (χ1v) is 9.17. The summed E-state index contributed by atoms with van der Waals surface area (Å²) in [5, 5.41) is 7.26. The second-order valence-corrected chi connectivity index (χ2v) is 6.84. The maximum atomic E-state index is 5.81. The van der Waals surface area contributed by atoms with Crippen molar-refractivity contribution < 1.29 is 4.74 Å². The average molecular weight is 481 g/mol. The molecule has 0 saturated heterocycles. The number of hydrogen-bond donors (Lipinski definition) is 2. The molecule has 7 heteroatoms. The Morgan fingerprint density at radius 2 is 2.16 bits per heavy atom. The van der Waals surface area contributed by atoms with Crippen LogP contribution in [0.2, 0.25) is 5.15 Å².